The van der Waals surface area contributed by atoms with Crippen LogP contribution in [0.1, 0.15) is 11.1 Å². The van der Waals surface area contributed by atoms with Crippen molar-refractivity contribution in [2.45, 2.75) is 19.3 Å². The first kappa shape index (κ1) is 19.7. The lowest BCUT2D eigenvalue weighted by atomic mass is 10.1. The van der Waals surface area contributed by atoms with E-state index in [1.165, 1.54) is 12.0 Å². The number of anilines is 1. The van der Waals surface area contributed by atoms with Crippen LogP contribution in [0.4, 0.5) is 10.6 Å². The Morgan fingerprint density at radius 1 is 1.15 bits per heavy atom. The maximum atomic E-state index is 12.2. The predicted octanol–water partition coefficient (Wildman–Crippen LogP) is 2.29. The number of ether oxygens (including phenoxy) is 2. The van der Waals surface area contributed by atoms with E-state index >= 15 is 0 Å². The van der Waals surface area contributed by atoms with Crippen LogP contribution in [0.15, 0.2) is 42.5 Å². The molecule has 1 unspecified atom stereocenters. The van der Waals surface area contributed by atoms with Crippen molar-refractivity contribution >= 4 is 11.9 Å². The third-order valence-corrected chi connectivity index (χ3v) is 3.94. The maximum Gasteiger partial charge on any atom is 0.415 e. The average molecular weight is 359 g/mol. The quantitative estimate of drug-likeness (QED) is 0.765. The Bertz CT molecular complexity index is 722. The van der Waals surface area contributed by atoms with E-state index in [2.05, 4.69) is 4.98 Å². The van der Waals surface area contributed by atoms with Crippen molar-refractivity contribution in [1.29, 1.82) is 0 Å². The van der Waals surface area contributed by atoms with Crippen LogP contribution in [0.3, 0.4) is 0 Å². The molecular weight excluding hydrogens is 334 g/mol. The maximum absolute atomic E-state index is 12.2. The molecule has 0 aliphatic heterocycles. The van der Waals surface area contributed by atoms with Gasteiger partial charge in [-0.25, -0.2) is 4.79 Å². The molecule has 26 heavy (non-hydrogen) atoms. The summed E-state index contributed by atoms with van der Waals surface area (Å²) in [6.07, 6.45) is -0.791. The molecule has 1 aromatic carbocycles. The fourth-order valence-electron chi connectivity index (χ4n) is 2.27. The van der Waals surface area contributed by atoms with Gasteiger partial charge >= 0.3 is 6.09 Å². The molecule has 2 rings (SSSR count). The zero-order chi connectivity index (χ0) is 19.1. The highest BCUT2D eigenvalue weighted by Crippen LogP contribution is 2.22. The molecule has 1 N–H and O–H groups in total. The number of carbonyl (C=O) groups excluding carboxylic acids is 1. The molecule has 0 spiro atoms. The number of aromatic nitrogens is 1. The summed E-state index contributed by atoms with van der Waals surface area (Å²) in [5, 5.41) is 10.0. The van der Waals surface area contributed by atoms with E-state index in [4.69, 9.17) is 9.47 Å². The third kappa shape index (κ3) is 5.18. The van der Waals surface area contributed by atoms with Gasteiger partial charge < -0.3 is 14.6 Å². The molecule has 1 atom stereocenters. The standard InChI is InChI=1S/C19H25N3O4/c1-21(2)17(23)12-15-10-11-16(20-18(15)25-4)22(3)19(24)26-13-14-8-6-5-7-9-14/h5-11,17,23H,12-13H2,1-4H3. The lowest BCUT2D eigenvalue weighted by molar-refractivity contribution is 0.0407. The summed E-state index contributed by atoms with van der Waals surface area (Å²) >= 11 is 0. The first-order valence-electron chi connectivity index (χ1n) is 8.25. The first-order valence-corrected chi connectivity index (χ1v) is 8.25. The van der Waals surface area contributed by atoms with Crippen molar-refractivity contribution in [3.05, 3.63) is 53.6 Å². The lowest BCUT2D eigenvalue weighted by Gasteiger charge is -2.21. The van der Waals surface area contributed by atoms with E-state index in [-0.39, 0.29) is 6.61 Å². The summed E-state index contributed by atoms with van der Waals surface area (Å²) in [5.74, 6) is 0.772. The monoisotopic (exact) mass is 359 g/mol. The van der Waals surface area contributed by atoms with Gasteiger partial charge in [0.15, 0.2) is 0 Å². The fraction of sp³-hybridized carbons (Fsp3) is 0.368. The average Bonchev–Trinajstić information content (AvgIpc) is 2.66. The van der Waals surface area contributed by atoms with Crippen LogP contribution in [-0.2, 0) is 17.8 Å². The Kier molecular flexibility index (Phi) is 6.94. The van der Waals surface area contributed by atoms with E-state index in [0.717, 1.165) is 11.1 Å². The van der Waals surface area contributed by atoms with Gasteiger partial charge in [-0.1, -0.05) is 30.3 Å². The van der Waals surface area contributed by atoms with E-state index in [0.29, 0.717) is 18.1 Å². The van der Waals surface area contributed by atoms with E-state index in [1.54, 1.807) is 38.2 Å². The molecule has 0 radical (unpaired) electrons. The van der Waals surface area contributed by atoms with Gasteiger partial charge in [0.1, 0.15) is 18.7 Å². The number of amides is 1. The molecule has 1 amide bonds. The second-order valence-corrected chi connectivity index (χ2v) is 6.09. The summed E-state index contributed by atoms with van der Waals surface area (Å²) < 4.78 is 10.6. The number of carbonyl (C=O) groups is 1. The van der Waals surface area contributed by atoms with Crippen molar-refractivity contribution in [3.63, 3.8) is 0 Å². The largest absolute Gasteiger partial charge is 0.481 e. The molecule has 2 aromatic rings. The van der Waals surface area contributed by atoms with Gasteiger partial charge in [0.05, 0.1) is 7.11 Å². The molecule has 1 aromatic heterocycles. The SMILES string of the molecule is COc1nc(N(C)C(=O)OCc2ccccc2)ccc1CC(O)N(C)C. The Hall–Kier alpha value is -2.64. The number of rotatable bonds is 7. The predicted molar refractivity (Wildman–Crippen MR) is 99.2 cm³/mol. The molecule has 7 heteroatoms. The van der Waals surface area contributed by atoms with Crippen LogP contribution in [0.5, 0.6) is 5.88 Å². The van der Waals surface area contributed by atoms with Gasteiger partial charge in [0, 0.05) is 19.0 Å². The molecular formula is C19H25N3O4. The van der Waals surface area contributed by atoms with Crippen LogP contribution in [0.25, 0.3) is 0 Å². The smallest absolute Gasteiger partial charge is 0.415 e. The summed E-state index contributed by atoms with van der Waals surface area (Å²) in [5.41, 5.74) is 1.66. The molecule has 140 valence electrons. The van der Waals surface area contributed by atoms with Crippen LogP contribution in [0.2, 0.25) is 0 Å². The van der Waals surface area contributed by atoms with Gasteiger partial charge in [-0.05, 0) is 31.8 Å². The molecule has 0 bridgehead atoms. The summed E-state index contributed by atoms with van der Waals surface area (Å²) in [7, 11) is 6.67. The Labute approximate surface area is 153 Å². The van der Waals surface area contributed by atoms with Crippen molar-refractivity contribution in [2.75, 3.05) is 33.2 Å². The number of pyridine rings is 1. The van der Waals surface area contributed by atoms with E-state index < -0.39 is 12.3 Å². The molecule has 1 heterocycles. The Balaban J connectivity index is 2.05. The fourth-order valence-corrected chi connectivity index (χ4v) is 2.27. The zero-order valence-corrected chi connectivity index (χ0v) is 15.5. The summed E-state index contributed by atoms with van der Waals surface area (Å²) in [4.78, 5) is 19.6. The number of likely N-dealkylation sites (N-methyl/N-ethyl adjacent to an activating group) is 1. The van der Waals surface area contributed by atoms with Crippen LogP contribution >= 0.6 is 0 Å². The number of nitrogens with zero attached hydrogens (tertiary/aromatic N) is 3. The molecule has 7 nitrogen and oxygen atoms in total. The summed E-state index contributed by atoms with van der Waals surface area (Å²) in [6, 6.07) is 12.9. The molecule has 0 aliphatic carbocycles. The summed E-state index contributed by atoms with van der Waals surface area (Å²) in [6.45, 7) is 0.189. The number of hydrogen-bond acceptors (Lipinski definition) is 6. The third-order valence-electron chi connectivity index (χ3n) is 3.94. The second kappa shape index (κ2) is 9.17. The Morgan fingerprint density at radius 2 is 1.85 bits per heavy atom. The van der Waals surface area contributed by atoms with Crippen LogP contribution in [0, 0.1) is 0 Å². The molecule has 0 saturated carbocycles. The number of aliphatic hydroxyl groups excluding tert-OH is 1. The topological polar surface area (TPSA) is 75.1 Å². The number of benzene rings is 1. The molecule has 0 fully saturated rings. The van der Waals surface area contributed by atoms with Gasteiger partial charge in [0.25, 0.3) is 0 Å². The Morgan fingerprint density at radius 3 is 2.46 bits per heavy atom. The van der Waals surface area contributed by atoms with Crippen molar-refractivity contribution in [3.8, 4) is 5.88 Å². The first-order chi connectivity index (χ1) is 12.4. The number of hydrogen-bond donors (Lipinski definition) is 1. The highest BCUT2D eigenvalue weighted by molar-refractivity contribution is 5.85. The van der Waals surface area contributed by atoms with Crippen molar-refractivity contribution in [1.82, 2.24) is 9.88 Å². The second-order valence-electron chi connectivity index (χ2n) is 6.09. The van der Waals surface area contributed by atoms with Crippen LogP contribution < -0.4 is 9.64 Å². The van der Waals surface area contributed by atoms with Crippen LogP contribution in [-0.4, -0.2) is 55.6 Å². The molecule has 0 saturated heterocycles. The highest BCUT2D eigenvalue weighted by Gasteiger charge is 2.18. The highest BCUT2D eigenvalue weighted by atomic mass is 16.6. The van der Waals surface area contributed by atoms with Gasteiger partial charge in [-0.2, -0.15) is 4.98 Å². The minimum absolute atomic E-state index is 0.189. The van der Waals surface area contributed by atoms with Gasteiger partial charge in [-0.3, -0.25) is 9.80 Å². The zero-order valence-electron chi connectivity index (χ0n) is 15.5. The van der Waals surface area contributed by atoms with Gasteiger partial charge in [0.2, 0.25) is 5.88 Å². The van der Waals surface area contributed by atoms with Crippen molar-refractivity contribution in [2.24, 2.45) is 0 Å². The lowest BCUT2D eigenvalue weighted by Crippen LogP contribution is -2.30. The minimum atomic E-state index is -0.648. The normalized spacial score (nSPS) is 11.9. The minimum Gasteiger partial charge on any atom is -0.481 e. The molecule has 0 aliphatic rings. The van der Waals surface area contributed by atoms with Gasteiger partial charge in [-0.15, -0.1) is 0 Å². The number of methoxy groups -OCH3 is 1. The van der Waals surface area contributed by atoms with Crippen molar-refractivity contribution < 1.29 is 19.4 Å². The number of aliphatic hydroxyl groups is 1. The van der Waals surface area contributed by atoms with E-state index in [9.17, 15) is 9.90 Å². The van der Waals surface area contributed by atoms with E-state index in [1.807, 2.05) is 30.3 Å².